The Labute approximate surface area is 202 Å². The SMILES string of the molecule is Cc1ccc(-c2[nH]n(-c3ccccc3)c(=O)c2N=Nc2ccc(N=Nc3ccccc3)cc2)cc1. The molecule has 0 radical (unpaired) electrons. The summed E-state index contributed by atoms with van der Waals surface area (Å²) in [7, 11) is 0. The molecule has 7 nitrogen and oxygen atoms in total. The van der Waals surface area contributed by atoms with Crippen LogP contribution in [0.4, 0.5) is 22.7 Å². The first-order valence-electron chi connectivity index (χ1n) is 11.1. The van der Waals surface area contributed by atoms with E-state index in [0.29, 0.717) is 17.1 Å². The van der Waals surface area contributed by atoms with Crippen molar-refractivity contribution in [2.24, 2.45) is 20.5 Å². The second-order valence-electron chi connectivity index (χ2n) is 7.93. The largest absolute Gasteiger partial charge is 0.299 e. The van der Waals surface area contributed by atoms with E-state index in [2.05, 4.69) is 25.6 Å². The normalized spacial score (nSPS) is 11.5. The van der Waals surface area contributed by atoms with Crippen LogP contribution in [0.5, 0.6) is 0 Å². The average Bonchev–Trinajstić information content (AvgIpc) is 3.24. The molecule has 0 bridgehead atoms. The van der Waals surface area contributed by atoms with Crippen molar-refractivity contribution < 1.29 is 0 Å². The Morgan fingerprint density at radius 1 is 0.600 bits per heavy atom. The van der Waals surface area contributed by atoms with Gasteiger partial charge in [0.2, 0.25) is 0 Å². The Morgan fingerprint density at radius 2 is 1.11 bits per heavy atom. The van der Waals surface area contributed by atoms with Crippen LogP contribution in [-0.2, 0) is 0 Å². The number of para-hydroxylation sites is 1. The number of rotatable bonds is 6. The third-order valence-electron chi connectivity index (χ3n) is 5.37. The van der Waals surface area contributed by atoms with Gasteiger partial charge in [-0.15, -0.1) is 5.11 Å². The first-order valence-corrected chi connectivity index (χ1v) is 11.1. The first-order chi connectivity index (χ1) is 17.2. The lowest BCUT2D eigenvalue weighted by Gasteiger charge is -2.02. The molecular formula is C28H22N6O. The predicted molar refractivity (Wildman–Crippen MR) is 138 cm³/mol. The lowest BCUT2D eigenvalue weighted by Crippen LogP contribution is -2.13. The molecule has 0 aliphatic carbocycles. The van der Waals surface area contributed by atoms with Crippen molar-refractivity contribution in [3.63, 3.8) is 0 Å². The van der Waals surface area contributed by atoms with Gasteiger partial charge in [-0.3, -0.25) is 9.89 Å². The summed E-state index contributed by atoms with van der Waals surface area (Å²) >= 11 is 0. The van der Waals surface area contributed by atoms with Crippen molar-refractivity contribution >= 4 is 22.7 Å². The minimum absolute atomic E-state index is 0.241. The van der Waals surface area contributed by atoms with Crippen molar-refractivity contribution in [2.75, 3.05) is 0 Å². The van der Waals surface area contributed by atoms with Gasteiger partial charge >= 0.3 is 0 Å². The van der Waals surface area contributed by atoms with Gasteiger partial charge < -0.3 is 0 Å². The number of nitrogens with zero attached hydrogens (tertiary/aromatic N) is 5. The Bertz CT molecular complexity index is 1530. The zero-order valence-corrected chi connectivity index (χ0v) is 19.0. The van der Waals surface area contributed by atoms with Crippen LogP contribution in [-0.4, -0.2) is 9.78 Å². The van der Waals surface area contributed by atoms with Crippen LogP contribution in [0.2, 0.25) is 0 Å². The third kappa shape index (κ3) is 5.04. The van der Waals surface area contributed by atoms with Gasteiger partial charge in [-0.1, -0.05) is 66.2 Å². The molecule has 0 saturated heterocycles. The van der Waals surface area contributed by atoms with Crippen LogP contribution in [0.15, 0.2) is 134 Å². The molecule has 1 heterocycles. The van der Waals surface area contributed by atoms with E-state index in [-0.39, 0.29) is 11.2 Å². The maximum Gasteiger partial charge on any atom is 0.299 e. The van der Waals surface area contributed by atoms with Crippen LogP contribution in [0.1, 0.15) is 5.56 Å². The predicted octanol–water partition coefficient (Wildman–Crippen LogP) is 7.97. The number of benzene rings is 4. The van der Waals surface area contributed by atoms with Crippen LogP contribution >= 0.6 is 0 Å². The Morgan fingerprint density at radius 3 is 1.71 bits per heavy atom. The number of aryl methyl sites for hydroxylation is 1. The quantitative estimate of drug-likeness (QED) is 0.257. The second-order valence-corrected chi connectivity index (χ2v) is 7.93. The van der Waals surface area contributed by atoms with E-state index in [1.165, 1.54) is 4.68 Å². The molecule has 0 amide bonds. The van der Waals surface area contributed by atoms with Gasteiger partial charge in [-0.2, -0.15) is 15.3 Å². The molecule has 170 valence electrons. The van der Waals surface area contributed by atoms with E-state index in [1.807, 2.05) is 91.9 Å². The third-order valence-corrected chi connectivity index (χ3v) is 5.37. The molecule has 0 aliphatic heterocycles. The van der Waals surface area contributed by atoms with Gasteiger partial charge in [0, 0.05) is 5.56 Å². The number of nitrogens with one attached hydrogen (secondary N) is 1. The van der Waals surface area contributed by atoms with Crippen LogP contribution in [0.25, 0.3) is 16.9 Å². The topological polar surface area (TPSA) is 87.2 Å². The molecule has 5 aromatic rings. The van der Waals surface area contributed by atoms with Crippen LogP contribution in [0.3, 0.4) is 0 Å². The van der Waals surface area contributed by atoms with Crippen molar-refractivity contribution in [1.82, 2.24) is 9.78 Å². The number of azo groups is 2. The summed E-state index contributed by atoms with van der Waals surface area (Å²) in [6.07, 6.45) is 0. The van der Waals surface area contributed by atoms with Gasteiger partial charge in [-0.05, 0) is 55.5 Å². The monoisotopic (exact) mass is 458 g/mol. The highest BCUT2D eigenvalue weighted by molar-refractivity contribution is 5.72. The fraction of sp³-hybridized carbons (Fsp3) is 0.0357. The van der Waals surface area contributed by atoms with Crippen molar-refractivity contribution in [1.29, 1.82) is 0 Å². The van der Waals surface area contributed by atoms with Crippen LogP contribution < -0.4 is 5.56 Å². The summed E-state index contributed by atoms with van der Waals surface area (Å²) in [4.78, 5) is 13.3. The number of H-pyrrole nitrogens is 1. The molecule has 0 aliphatic rings. The van der Waals surface area contributed by atoms with E-state index in [0.717, 1.165) is 22.5 Å². The fourth-order valence-corrected chi connectivity index (χ4v) is 3.51. The number of hydrogen-bond donors (Lipinski definition) is 1. The maximum absolute atomic E-state index is 13.3. The summed E-state index contributed by atoms with van der Waals surface area (Å²) < 4.78 is 1.48. The molecule has 7 heteroatoms. The lowest BCUT2D eigenvalue weighted by atomic mass is 10.1. The van der Waals surface area contributed by atoms with E-state index in [4.69, 9.17) is 0 Å². The second kappa shape index (κ2) is 9.93. The molecular weight excluding hydrogens is 436 g/mol. The number of aromatic nitrogens is 2. The first kappa shape index (κ1) is 21.9. The zero-order valence-electron chi connectivity index (χ0n) is 19.0. The molecule has 4 aromatic carbocycles. The lowest BCUT2D eigenvalue weighted by molar-refractivity contribution is 0.852. The molecule has 0 saturated carbocycles. The maximum atomic E-state index is 13.3. The molecule has 0 spiro atoms. The average molecular weight is 459 g/mol. The Hall–Kier alpha value is -4.91. The smallest absolute Gasteiger partial charge is 0.288 e. The fourth-order valence-electron chi connectivity index (χ4n) is 3.51. The number of aromatic amines is 1. The zero-order chi connectivity index (χ0) is 24.0. The minimum Gasteiger partial charge on any atom is -0.288 e. The molecule has 1 N–H and O–H groups in total. The molecule has 0 fully saturated rings. The molecule has 5 rings (SSSR count). The Kier molecular flexibility index (Phi) is 6.21. The summed E-state index contributed by atoms with van der Waals surface area (Å²) in [6.45, 7) is 2.02. The summed E-state index contributed by atoms with van der Waals surface area (Å²) in [5.41, 5.74) is 5.36. The van der Waals surface area contributed by atoms with E-state index in [1.54, 1.807) is 24.3 Å². The highest BCUT2D eigenvalue weighted by Crippen LogP contribution is 2.29. The highest BCUT2D eigenvalue weighted by Gasteiger charge is 2.17. The molecule has 0 unspecified atom stereocenters. The molecule has 0 atom stereocenters. The van der Waals surface area contributed by atoms with E-state index in [9.17, 15) is 4.79 Å². The summed E-state index contributed by atoms with van der Waals surface area (Å²) in [6, 6.07) is 34.0. The van der Waals surface area contributed by atoms with E-state index >= 15 is 0 Å². The molecule has 1 aromatic heterocycles. The van der Waals surface area contributed by atoms with Crippen molar-refractivity contribution in [3.8, 4) is 16.9 Å². The van der Waals surface area contributed by atoms with Gasteiger partial charge in [0.1, 0.15) is 0 Å². The summed E-state index contributed by atoms with van der Waals surface area (Å²) in [5.74, 6) is 0. The van der Waals surface area contributed by atoms with Crippen LogP contribution in [0, 0.1) is 6.92 Å². The minimum atomic E-state index is -0.274. The van der Waals surface area contributed by atoms with Crippen molar-refractivity contribution in [3.05, 3.63) is 125 Å². The van der Waals surface area contributed by atoms with E-state index < -0.39 is 0 Å². The van der Waals surface area contributed by atoms with Gasteiger partial charge in [0.15, 0.2) is 5.69 Å². The standard InChI is InChI=1S/C28H22N6O/c1-20-12-14-21(15-13-20)26-27(28(35)34(33-26)25-10-6-3-7-11-25)32-31-24-18-16-23(17-19-24)30-29-22-8-4-2-5-9-22/h2-19,33H,1H3. The van der Waals surface area contributed by atoms with Gasteiger partial charge in [0.05, 0.1) is 28.4 Å². The molecule has 35 heavy (non-hydrogen) atoms. The van der Waals surface area contributed by atoms with Gasteiger partial charge in [0.25, 0.3) is 5.56 Å². The van der Waals surface area contributed by atoms with Gasteiger partial charge in [-0.25, -0.2) is 4.68 Å². The number of hydrogen-bond acceptors (Lipinski definition) is 5. The highest BCUT2D eigenvalue weighted by atomic mass is 16.1. The van der Waals surface area contributed by atoms with Crippen molar-refractivity contribution in [2.45, 2.75) is 6.92 Å². The Balaban J connectivity index is 1.46. The summed E-state index contributed by atoms with van der Waals surface area (Å²) in [5, 5.41) is 20.3.